The van der Waals surface area contributed by atoms with Crippen LogP contribution in [0.1, 0.15) is 7.06 Å². The van der Waals surface area contributed by atoms with Gasteiger partial charge in [-0.2, -0.15) is 5.10 Å². The fourth-order valence-corrected chi connectivity index (χ4v) is 1.04. The Hall–Kier alpha value is -1.58. The van der Waals surface area contributed by atoms with Gasteiger partial charge in [0.15, 0.2) is 5.82 Å². The van der Waals surface area contributed by atoms with E-state index in [1.165, 1.54) is 0 Å². The summed E-state index contributed by atoms with van der Waals surface area (Å²) in [6.45, 7) is 1.90. The van der Waals surface area contributed by atoms with E-state index in [2.05, 4.69) is 10.1 Å². The lowest BCUT2D eigenvalue weighted by Gasteiger charge is -1.96. The van der Waals surface area contributed by atoms with Crippen LogP contribution in [0.25, 0.3) is 5.52 Å². The summed E-state index contributed by atoms with van der Waals surface area (Å²) in [6.07, 6.45) is -0.0562. The zero-order valence-corrected chi connectivity index (χ0v) is 6.07. The Morgan fingerprint density at radius 3 is 3.27 bits per heavy atom. The van der Waals surface area contributed by atoms with E-state index in [9.17, 15) is 0 Å². The van der Waals surface area contributed by atoms with Crippen LogP contribution in [0.4, 0.5) is 5.82 Å². The molecule has 0 aliphatic carbocycles. The topological polar surface area (TPSA) is 56.2 Å². The lowest BCUT2D eigenvalue weighted by Crippen LogP contribution is -1.99. The molecule has 0 bridgehead atoms. The summed E-state index contributed by atoms with van der Waals surface area (Å²) < 4.78 is 8.85. The molecule has 0 aliphatic heterocycles. The van der Waals surface area contributed by atoms with E-state index < -0.39 is 0 Å². The van der Waals surface area contributed by atoms with Gasteiger partial charge >= 0.3 is 0 Å². The Morgan fingerprint density at radius 1 is 1.64 bits per heavy atom. The van der Waals surface area contributed by atoms with Crippen LogP contribution in [-0.4, -0.2) is 14.6 Å². The summed E-state index contributed by atoms with van der Waals surface area (Å²) in [6, 6.07) is 3.73. The lowest BCUT2D eigenvalue weighted by atomic mass is 10.5. The SMILES string of the molecule is [2H]c1nc(N)c2ccc(C)n2n1. The average molecular weight is 149 g/mol. The number of hydrogen-bond acceptors (Lipinski definition) is 3. The minimum absolute atomic E-state index is 0.0562. The fraction of sp³-hybridized carbons (Fsp3) is 0.143. The molecule has 0 aliphatic rings. The molecule has 4 heteroatoms. The Kier molecular flexibility index (Phi) is 0.908. The molecule has 0 saturated carbocycles. The van der Waals surface area contributed by atoms with Gasteiger partial charge in [0.1, 0.15) is 13.2 Å². The smallest absolute Gasteiger partial charge is 0.151 e. The molecule has 56 valence electrons. The van der Waals surface area contributed by atoms with Crippen molar-refractivity contribution in [3.05, 3.63) is 24.1 Å². The minimum atomic E-state index is -0.0562. The molecule has 0 amide bonds. The van der Waals surface area contributed by atoms with Gasteiger partial charge in [-0.25, -0.2) is 9.50 Å². The second kappa shape index (κ2) is 1.95. The highest BCUT2D eigenvalue weighted by Gasteiger charge is 2.00. The van der Waals surface area contributed by atoms with E-state index in [1.807, 2.05) is 19.1 Å². The molecule has 0 fully saturated rings. The first-order valence-electron chi connectivity index (χ1n) is 3.77. The van der Waals surface area contributed by atoms with Crippen LogP contribution in [-0.2, 0) is 0 Å². The van der Waals surface area contributed by atoms with Crippen LogP contribution in [0.5, 0.6) is 0 Å². The summed E-state index contributed by atoms with van der Waals surface area (Å²) >= 11 is 0. The zero-order chi connectivity index (χ0) is 8.72. The largest absolute Gasteiger partial charge is 0.382 e. The molecule has 4 nitrogen and oxygen atoms in total. The maximum absolute atomic E-state index is 7.23. The highest BCUT2D eigenvalue weighted by atomic mass is 15.2. The molecule has 2 aromatic rings. The molecule has 0 saturated heterocycles. The first-order chi connectivity index (χ1) is 5.68. The van der Waals surface area contributed by atoms with Gasteiger partial charge in [-0.3, -0.25) is 0 Å². The van der Waals surface area contributed by atoms with E-state index in [0.29, 0.717) is 5.82 Å². The van der Waals surface area contributed by atoms with Gasteiger partial charge in [0.25, 0.3) is 0 Å². The van der Waals surface area contributed by atoms with Crippen molar-refractivity contribution in [1.29, 1.82) is 0 Å². The quantitative estimate of drug-likeness (QED) is 0.597. The molecular weight excluding hydrogens is 140 g/mol. The van der Waals surface area contributed by atoms with Crippen molar-refractivity contribution in [3.8, 4) is 0 Å². The van der Waals surface area contributed by atoms with Crippen LogP contribution in [0.15, 0.2) is 18.4 Å². The Morgan fingerprint density at radius 2 is 2.45 bits per heavy atom. The maximum Gasteiger partial charge on any atom is 0.151 e. The summed E-state index contributed by atoms with van der Waals surface area (Å²) in [7, 11) is 0. The van der Waals surface area contributed by atoms with Gasteiger partial charge < -0.3 is 5.73 Å². The highest BCUT2D eigenvalue weighted by Crippen LogP contribution is 2.11. The molecule has 0 radical (unpaired) electrons. The number of hydrogen-bond donors (Lipinski definition) is 1. The number of aromatic nitrogens is 3. The first-order valence-corrected chi connectivity index (χ1v) is 3.27. The van der Waals surface area contributed by atoms with E-state index in [4.69, 9.17) is 7.10 Å². The number of nitrogens with zero attached hydrogens (tertiary/aromatic N) is 3. The van der Waals surface area contributed by atoms with E-state index in [0.717, 1.165) is 11.2 Å². The van der Waals surface area contributed by atoms with Gasteiger partial charge in [-0.05, 0) is 19.1 Å². The van der Waals surface area contributed by atoms with Gasteiger partial charge in [-0.15, -0.1) is 0 Å². The molecule has 11 heavy (non-hydrogen) atoms. The maximum atomic E-state index is 7.23. The third-order valence-corrected chi connectivity index (χ3v) is 1.62. The van der Waals surface area contributed by atoms with E-state index in [-0.39, 0.29) is 6.30 Å². The van der Waals surface area contributed by atoms with Crippen molar-refractivity contribution in [1.82, 2.24) is 14.6 Å². The van der Waals surface area contributed by atoms with Crippen molar-refractivity contribution in [2.75, 3.05) is 5.73 Å². The number of rotatable bonds is 0. The van der Waals surface area contributed by atoms with Crippen LogP contribution >= 0.6 is 0 Å². The molecule has 0 unspecified atom stereocenters. The second-order valence-electron chi connectivity index (χ2n) is 2.37. The van der Waals surface area contributed by atoms with Crippen LogP contribution in [0.3, 0.4) is 0 Å². The predicted molar refractivity (Wildman–Crippen MR) is 42.1 cm³/mol. The van der Waals surface area contributed by atoms with Gasteiger partial charge in [-0.1, -0.05) is 0 Å². The predicted octanol–water partition coefficient (Wildman–Crippen LogP) is 0.620. The Balaban J connectivity index is 2.92. The summed E-state index contributed by atoms with van der Waals surface area (Å²) in [5.41, 5.74) is 7.28. The molecule has 2 heterocycles. The molecule has 0 spiro atoms. The third-order valence-electron chi connectivity index (χ3n) is 1.62. The second-order valence-corrected chi connectivity index (χ2v) is 2.37. The fourth-order valence-electron chi connectivity index (χ4n) is 1.04. The molecule has 2 aromatic heterocycles. The lowest BCUT2D eigenvalue weighted by molar-refractivity contribution is 0.875. The average Bonchev–Trinajstić information content (AvgIpc) is 2.33. The molecule has 0 atom stereocenters. The van der Waals surface area contributed by atoms with Crippen molar-refractivity contribution >= 4 is 11.3 Å². The number of anilines is 1. The van der Waals surface area contributed by atoms with Crippen molar-refractivity contribution in [2.24, 2.45) is 0 Å². The van der Waals surface area contributed by atoms with Gasteiger partial charge in [0.05, 0.1) is 0 Å². The normalized spacial score (nSPS) is 11.9. The van der Waals surface area contributed by atoms with Gasteiger partial charge in [0.2, 0.25) is 0 Å². The number of nitrogen functional groups attached to an aromatic ring is 1. The monoisotopic (exact) mass is 149 g/mol. The van der Waals surface area contributed by atoms with Crippen molar-refractivity contribution < 1.29 is 1.37 Å². The number of aryl methyl sites for hydroxylation is 1. The van der Waals surface area contributed by atoms with Crippen LogP contribution < -0.4 is 5.73 Å². The molecular formula is C7H8N4. The Bertz CT molecular complexity index is 434. The molecule has 0 aromatic carbocycles. The van der Waals surface area contributed by atoms with E-state index >= 15 is 0 Å². The summed E-state index contributed by atoms with van der Waals surface area (Å²) in [5.74, 6) is 0.350. The van der Waals surface area contributed by atoms with Crippen molar-refractivity contribution in [2.45, 2.75) is 6.92 Å². The van der Waals surface area contributed by atoms with E-state index in [1.54, 1.807) is 4.52 Å². The third kappa shape index (κ3) is 0.756. The summed E-state index contributed by atoms with van der Waals surface area (Å²) in [5, 5.41) is 3.89. The molecule has 2 N–H and O–H groups in total. The van der Waals surface area contributed by atoms with Crippen LogP contribution in [0, 0.1) is 6.92 Å². The molecule has 2 rings (SSSR count). The van der Waals surface area contributed by atoms with Crippen molar-refractivity contribution in [3.63, 3.8) is 0 Å². The number of nitrogens with two attached hydrogens (primary N) is 1. The minimum Gasteiger partial charge on any atom is -0.382 e. The standard InChI is InChI=1S/C7H8N4/c1-5-2-3-6-7(8)9-4-10-11(5)6/h2-4H,1H3,(H2,8,9,10)/i4D. The van der Waals surface area contributed by atoms with Gasteiger partial charge in [0, 0.05) is 5.69 Å². The first kappa shape index (κ1) is 5.12. The highest BCUT2D eigenvalue weighted by molar-refractivity contribution is 5.65. The Labute approximate surface area is 65.1 Å². The zero-order valence-electron chi connectivity index (χ0n) is 7.07. The van der Waals surface area contributed by atoms with Crippen LogP contribution in [0.2, 0.25) is 0 Å². The summed E-state index contributed by atoms with van der Waals surface area (Å²) in [4.78, 5) is 3.73. The number of fused-ring (bicyclic) bond motifs is 1.